The molecule has 1 rings (SSSR count). The van der Waals surface area contributed by atoms with E-state index in [4.69, 9.17) is 4.74 Å². The Labute approximate surface area is 77.8 Å². The normalized spacial score (nSPS) is 10.2. The Bertz CT molecular complexity index is 288. The lowest BCUT2D eigenvalue weighted by atomic mass is 10.2. The van der Waals surface area contributed by atoms with Crippen molar-refractivity contribution in [1.29, 1.82) is 0 Å². The van der Waals surface area contributed by atoms with Crippen molar-refractivity contribution in [2.75, 3.05) is 0 Å². The van der Waals surface area contributed by atoms with Crippen molar-refractivity contribution in [2.45, 2.75) is 13.3 Å². The molecule has 0 N–H and O–H groups in total. The fraction of sp³-hybridized carbons (Fsp3) is 0.182. The zero-order valence-corrected chi connectivity index (χ0v) is 7.57. The molecule has 0 radical (unpaired) electrons. The zero-order chi connectivity index (χ0) is 9.52. The molecule has 0 aromatic heterocycles. The van der Waals surface area contributed by atoms with Crippen LogP contribution in [0.3, 0.4) is 0 Å². The van der Waals surface area contributed by atoms with Crippen molar-refractivity contribution >= 4 is 5.97 Å². The van der Waals surface area contributed by atoms with E-state index >= 15 is 0 Å². The summed E-state index contributed by atoms with van der Waals surface area (Å²) in [5, 5.41) is 0. The molecule has 0 aliphatic rings. The van der Waals surface area contributed by atoms with Crippen LogP contribution < -0.4 is 0 Å². The highest BCUT2D eigenvalue weighted by molar-refractivity contribution is 5.89. The molecule has 1 aromatic rings. The third kappa shape index (κ3) is 3.11. The quantitative estimate of drug-likeness (QED) is 0.523. The van der Waals surface area contributed by atoms with Crippen LogP contribution >= 0.6 is 0 Å². The Morgan fingerprint density at radius 2 is 2.08 bits per heavy atom. The van der Waals surface area contributed by atoms with Crippen molar-refractivity contribution in [3.8, 4) is 0 Å². The Balaban J connectivity index is 2.54. The summed E-state index contributed by atoms with van der Waals surface area (Å²) in [4.78, 5) is 11.2. The predicted molar refractivity (Wildman–Crippen MR) is 51.3 cm³/mol. The van der Waals surface area contributed by atoms with Gasteiger partial charge in [-0.2, -0.15) is 0 Å². The van der Waals surface area contributed by atoms with Gasteiger partial charge in [-0.25, -0.2) is 4.79 Å². The molecule has 2 heteroatoms. The van der Waals surface area contributed by atoms with Gasteiger partial charge in [0.05, 0.1) is 11.8 Å². The van der Waals surface area contributed by atoms with Crippen molar-refractivity contribution in [1.82, 2.24) is 0 Å². The van der Waals surface area contributed by atoms with Crippen LogP contribution in [0.5, 0.6) is 0 Å². The molecule has 68 valence electrons. The molecule has 0 fully saturated rings. The van der Waals surface area contributed by atoms with Crippen LogP contribution in [0.1, 0.15) is 23.7 Å². The summed E-state index contributed by atoms with van der Waals surface area (Å²) in [5.74, 6) is -0.315. The first-order valence-corrected chi connectivity index (χ1v) is 4.25. The van der Waals surface area contributed by atoms with Gasteiger partial charge in [0.25, 0.3) is 0 Å². The molecule has 13 heavy (non-hydrogen) atoms. The molecule has 0 unspecified atom stereocenters. The van der Waals surface area contributed by atoms with E-state index in [2.05, 4.69) is 0 Å². The van der Waals surface area contributed by atoms with E-state index in [1.54, 1.807) is 30.3 Å². The lowest BCUT2D eigenvalue weighted by Crippen LogP contribution is -1.99. The molecule has 0 aliphatic carbocycles. The molecular formula is C11H12O2. The molecule has 1 aromatic carbocycles. The maximum atomic E-state index is 11.2. The SMILES string of the molecule is CCC=COC(=O)c1ccccc1. The topological polar surface area (TPSA) is 26.3 Å². The van der Waals surface area contributed by atoms with Gasteiger partial charge in [0.15, 0.2) is 0 Å². The number of hydrogen-bond donors (Lipinski definition) is 0. The summed E-state index contributed by atoms with van der Waals surface area (Å²) in [6.07, 6.45) is 4.08. The summed E-state index contributed by atoms with van der Waals surface area (Å²) in [6.45, 7) is 1.98. The molecule has 0 aliphatic heterocycles. The number of ether oxygens (including phenoxy) is 1. The van der Waals surface area contributed by atoms with Crippen LogP contribution in [0, 0.1) is 0 Å². The maximum Gasteiger partial charge on any atom is 0.342 e. The minimum absolute atomic E-state index is 0.315. The first-order chi connectivity index (χ1) is 6.34. The van der Waals surface area contributed by atoms with Crippen LogP contribution in [-0.2, 0) is 4.74 Å². The van der Waals surface area contributed by atoms with Gasteiger partial charge in [-0.1, -0.05) is 25.1 Å². The van der Waals surface area contributed by atoms with Crippen LogP contribution in [0.2, 0.25) is 0 Å². The number of carbonyl (C=O) groups is 1. The summed E-state index contributed by atoms with van der Waals surface area (Å²) >= 11 is 0. The second-order valence-electron chi connectivity index (χ2n) is 2.55. The first kappa shape index (κ1) is 9.52. The Morgan fingerprint density at radius 1 is 1.38 bits per heavy atom. The van der Waals surface area contributed by atoms with Gasteiger partial charge in [0.2, 0.25) is 0 Å². The van der Waals surface area contributed by atoms with Gasteiger partial charge in [-0.15, -0.1) is 0 Å². The van der Waals surface area contributed by atoms with Gasteiger partial charge >= 0.3 is 5.97 Å². The van der Waals surface area contributed by atoms with Gasteiger partial charge < -0.3 is 4.74 Å². The molecule has 0 bridgehead atoms. The zero-order valence-electron chi connectivity index (χ0n) is 7.57. The molecule has 0 heterocycles. The van der Waals surface area contributed by atoms with Crippen LogP contribution in [0.4, 0.5) is 0 Å². The van der Waals surface area contributed by atoms with Crippen LogP contribution in [-0.4, -0.2) is 5.97 Å². The van der Waals surface area contributed by atoms with E-state index in [9.17, 15) is 4.79 Å². The second-order valence-corrected chi connectivity index (χ2v) is 2.55. The standard InChI is InChI=1S/C11H12O2/c1-2-3-9-13-11(12)10-7-5-4-6-8-10/h3-9H,2H2,1H3. The smallest absolute Gasteiger partial charge is 0.342 e. The Hall–Kier alpha value is -1.57. The van der Waals surface area contributed by atoms with Crippen LogP contribution in [0.15, 0.2) is 42.7 Å². The van der Waals surface area contributed by atoms with Crippen molar-refractivity contribution in [2.24, 2.45) is 0 Å². The average Bonchev–Trinajstić information content (AvgIpc) is 2.19. The lowest BCUT2D eigenvalue weighted by molar-refractivity contribution is 0.0662. The minimum atomic E-state index is -0.315. The van der Waals surface area contributed by atoms with E-state index < -0.39 is 0 Å². The lowest BCUT2D eigenvalue weighted by Gasteiger charge is -1.97. The van der Waals surface area contributed by atoms with E-state index in [0.717, 1.165) is 6.42 Å². The number of allylic oxidation sites excluding steroid dienone is 1. The molecular weight excluding hydrogens is 164 g/mol. The molecule has 0 amide bonds. The fourth-order valence-corrected chi connectivity index (χ4v) is 0.848. The van der Waals surface area contributed by atoms with E-state index in [1.807, 2.05) is 13.0 Å². The fourth-order valence-electron chi connectivity index (χ4n) is 0.848. The number of rotatable bonds is 3. The minimum Gasteiger partial charge on any atom is -0.431 e. The average molecular weight is 176 g/mol. The third-order valence-electron chi connectivity index (χ3n) is 1.52. The Kier molecular flexibility index (Phi) is 3.76. The molecule has 0 atom stereocenters. The highest BCUT2D eigenvalue weighted by Gasteiger charge is 2.02. The summed E-state index contributed by atoms with van der Waals surface area (Å²) < 4.78 is 4.85. The summed E-state index contributed by atoms with van der Waals surface area (Å²) in [5.41, 5.74) is 0.572. The van der Waals surface area contributed by atoms with Crippen molar-refractivity contribution in [3.63, 3.8) is 0 Å². The highest BCUT2D eigenvalue weighted by Crippen LogP contribution is 2.01. The summed E-state index contributed by atoms with van der Waals surface area (Å²) in [6, 6.07) is 8.92. The van der Waals surface area contributed by atoms with Crippen molar-refractivity contribution < 1.29 is 9.53 Å². The number of carbonyl (C=O) groups excluding carboxylic acids is 1. The highest BCUT2D eigenvalue weighted by atomic mass is 16.5. The van der Waals surface area contributed by atoms with Crippen LogP contribution in [0.25, 0.3) is 0 Å². The number of benzene rings is 1. The number of hydrogen-bond acceptors (Lipinski definition) is 2. The monoisotopic (exact) mass is 176 g/mol. The molecule has 2 nitrogen and oxygen atoms in total. The van der Waals surface area contributed by atoms with Gasteiger partial charge in [-0.3, -0.25) is 0 Å². The molecule has 0 saturated carbocycles. The van der Waals surface area contributed by atoms with E-state index in [-0.39, 0.29) is 5.97 Å². The predicted octanol–water partition coefficient (Wildman–Crippen LogP) is 2.77. The largest absolute Gasteiger partial charge is 0.431 e. The number of esters is 1. The van der Waals surface area contributed by atoms with Gasteiger partial charge in [0, 0.05) is 0 Å². The van der Waals surface area contributed by atoms with Crippen molar-refractivity contribution in [3.05, 3.63) is 48.2 Å². The molecule has 0 saturated heterocycles. The van der Waals surface area contributed by atoms with Gasteiger partial charge in [-0.05, 0) is 24.6 Å². The maximum absolute atomic E-state index is 11.2. The third-order valence-corrected chi connectivity index (χ3v) is 1.52. The first-order valence-electron chi connectivity index (χ1n) is 4.25. The molecule has 0 spiro atoms. The van der Waals surface area contributed by atoms with E-state index in [0.29, 0.717) is 5.56 Å². The Morgan fingerprint density at radius 3 is 2.69 bits per heavy atom. The second kappa shape index (κ2) is 5.14. The summed E-state index contributed by atoms with van der Waals surface area (Å²) in [7, 11) is 0. The van der Waals surface area contributed by atoms with E-state index in [1.165, 1.54) is 6.26 Å². The van der Waals surface area contributed by atoms with Gasteiger partial charge in [0.1, 0.15) is 0 Å².